The lowest BCUT2D eigenvalue weighted by Gasteiger charge is -2.35. The summed E-state index contributed by atoms with van der Waals surface area (Å²) >= 11 is 0. The molecule has 0 spiro atoms. The van der Waals surface area contributed by atoms with Crippen molar-refractivity contribution < 1.29 is 14.3 Å². The number of hydrogen-bond acceptors (Lipinski definition) is 7. The highest BCUT2D eigenvalue weighted by Gasteiger charge is 2.28. The first-order valence-electron chi connectivity index (χ1n) is 11.9. The predicted molar refractivity (Wildman–Crippen MR) is 130 cm³/mol. The third-order valence-corrected chi connectivity index (χ3v) is 6.56. The fourth-order valence-electron chi connectivity index (χ4n) is 4.61. The molecule has 176 valence electrons. The molecule has 0 bridgehead atoms. The molecule has 0 aliphatic carbocycles. The van der Waals surface area contributed by atoms with E-state index in [1.165, 1.54) is 21.2 Å². The van der Waals surface area contributed by atoms with Gasteiger partial charge in [-0.25, -0.2) is 9.97 Å². The Morgan fingerprint density at radius 3 is 2.35 bits per heavy atom. The van der Waals surface area contributed by atoms with Crippen LogP contribution in [0.1, 0.15) is 18.4 Å². The second-order valence-electron chi connectivity index (χ2n) is 8.73. The first-order chi connectivity index (χ1) is 16.7. The zero-order valence-corrected chi connectivity index (χ0v) is 19.2. The van der Waals surface area contributed by atoms with Crippen LogP contribution in [0.25, 0.3) is 10.8 Å². The Balaban J connectivity index is 1.12. The van der Waals surface area contributed by atoms with Crippen molar-refractivity contribution in [3.63, 3.8) is 0 Å². The number of ether oxygens (including phenoxy) is 1. The maximum Gasteiger partial charge on any atom is 0.257 e. The average Bonchev–Trinajstić information content (AvgIpc) is 3.20. The summed E-state index contributed by atoms with van der Waals surface area (Å²) in [4.78, 5) is 38.4. The number of anilines is 1. The van der Waals surface area contributed by atoms with E-state index < -0.39 is 0 Å². The van der Waals surface area contributed by atoms with Gasteiger partial charge in [0.1, 0.15) is 6.61 Å². The third kappa shape index (κ3) is 5.02. The van der Waals surface area contributed by atoms with Crippen molar-refractivity contribution in [2.75, 3.05) is 50.8 Å². The minimum atomic E-state index is -0.132. The molecule has 5 rings (SSSR count). The summed E-state index contributed by atoms with van der Waals surface area (Å²) in [5.41, 5.74) is 1.36. The van der Waals surface area contributed by atoms with E-state index in [0.29, 0.717) is 18.7 Å². The van der Waals surface area contributed by atoms with Gasteiger partial charge in [-0.05, 0) is 22.8 Å². The molecule has 2 aliphatic heterocycles. The van der Waals surface area contributed by atoms with Crippen LogP contribution >= 0.6 is 0 Å². The van der Waals surface area contributed by atoms with Crippen LogP contribution in [0.2, 0.25) is 0 Å². The van der Waals surface area contributed by atoms with Gasteiger partial charge in [0.05, 0.1) is 6.54 Å². The highest BCUT2D eigenvalue weighted by Crippen LogP contribution is 2.24. The van der Waals surface area contributed by atoms with Crippen LogP contribution in [0.5, 0.6) is 5.88 Å². The lowest BCUT2D eigenvalue weighted by atomic mass is 10.0. The van der Waals surface area contributed by atoms with E-state index >= 15 is 0 Å². The number of carbonyl (C=O) groups excluding carboxylic acids is 2. The lowest BCUT2D eigenvalue weighted by Crippen LogP contribution is -2.47. The molecule has 8 nitrogen and oxygen atoms in total. The SMILES string of the molecule is O=C1CCC(=O)N1CCOc1nccnc1N1CCN(CCc2ccc3ccccc3c2)CC1. The summed E-state index contributed by atoms with van der Waals surface area (Å²) in [5, 5.41) is 2.57. The molecule has 2 aliphatic rings. The second-order valence-corrected chi connectivity index (χ2v) is 8.73. The fraction of sp³-hybridized carbons (Fsp3) is 0.385. The van der Waals surface area contributed by atoms with Crippen molar-refractivity contribution in [2.45, 2.75) is 19.3 Å². The largest absolute Gasteiger partial charge is 0.473 e. The zero-order valence-electron chi connectivity index (χ0n) is 19.2. The normalized spacial score (nSPS) is 17.1. The van der Waals surface area contributed by atoms with Gasteiger partial charge in [0.15, 0.2) is 5.82 Å². The van der Waals surface area contributed by atoms with Gasteiger partial charge in [-0.1, -0.05) is 42.5 Å². The van der Waals surface area contributed by atoms with E-state index in [9.17, 15) is 9.59 Å². The lowest BCUT2D eigenvalue weighted by molar-refractivity contribution is -0.138. The van der Waals surface area contributed by atoms with Gasteiger partial charge < -0.3 is 9.64 Å². The maximum atomic E-state index is 11.8. The summed E-state index contributed by atoms with van der Waals surface area (Å²) in [6.07, 6.45) is 4.88. The molecule has 34 heavy (non-hydrogen) atoms. The molecule has 1 aromatic heterocycles. The Kier molecular flexibility index (Phi) is 6.67. The van der Waals surface area contributed by atoms with Crippen molar-refractivity contribution in [1.82, 2.24) is 19.8 Å². The average molecular weight is 460 g/mol. The minimum absolute atomic E-state index is 0.132. The van der Waals surface area contributed by atoms with Crippen LogP contribution in [0.4, 0.5) is 5.82 Å². The molecule has 0 N–H and O–H groups in total. The minimum Gasteiger partial charge on any atom is -0.473 e. The van der Waals surface area contributed by atoms with E-state index in [1.807, 2.05) is 0 Å². The smallest absolute Gasteiger partial charge is 0.257 e. The number of hydrogen-bond donors (Lipinski definition) is 0. The first kappa shape index (κ1) is 22.3. The Morgan fingerprint density at radius 2 is 1.56 bits per heavy atom. The molecular formula is C26H29N5O3. The molecule has 0 radical (unpaired) electrons. The van der Waals surface area contributed by atoms with E-state index in [1.54, 1.807) is 12.4 Å². The first-order valence-corrected chi connectivity index (χ1v) is 11.9. The third-order valence-electron chi connectivity index (χ3n) is 6.56. The predicted octanol–water partition coefficient (Wildman–Crippen LogP) is 2.52. The molecule has 2 aromatic carbocycles. The number of piperazine rings is 1. The van der Waals surface area contributed by atoms with Crippen molar-refractivity contribution >= 4 is 28.4 Å². The number of nitrogens with zero attached hydrogens (tertiary/aromatic N) is 5. The topological polar surface area (TPSA) is 78.9 Å². The van der Waals surface area contributed by atoms with Crippen LogP contribution < -0.4 is 9.64 Å². The number of imide groups is 1. The number of likely N-dealkylation sites (tertiary alicyclic amines) is 1. The van der Waals surface area contributed by atoms with Gasteiger partial charge in [-0.15, -0.1) is 0 Å². The Morgan fingerprint density at radius 1 is 0.824 bits per heavy atom. The number of aromatic nitrogens is 2. The Hall–Kier alpha value is -3.52. The van der Waals surface area contributed by atoms with Gasteiger partial charge in [0.25, 0.3) is 5.88 Å². The highest BCUT2D eigenvalue weighted by atomic mass is 16.5. The molecule has 3 aromatic rings. The van der Waals surface area contributed by atoms with Gasteiger partial charge in [0.2, 0.25) is 11.8 Å². The summed E-state index contributed by atoms with van der Waals surface area (Å²) in [5.74, 6) is 0.905. The Labute approximate surface area is 199 Å². The van der Waals surface area contributed by atoms with Crippen molar-refractivity contribution in [1.29, 1.82) is 0 Å². The number of rotatable bonds is 8. The Bertz CT molecular complexity index is 1160. The maximum absolute atomic E-state index is 11.8. The van der Waals surface area contributed by atoms with E-state index in [4.69, 9.17) is 4.74 Å². The molecule has 0 atom stereocenters. The summed E-state index contributed by atoms with van der Waals surface area (Å²) < 4.78 is 5.84. The number of fused-ring (bicyclic) bond motifs is 1. The standard InChI is InChI=1S/C26H29N5O3/c32-23-7-8-24(33)31(23)17-18-34-26-25(27-10-11-28-26)30-15-13-29(14-16-30)12-9-20-5-6-21-3-1-2-4-22(21)19-20/h1-6,10-11,19H,7-9,12-18H2. The summed E-state index contributed by atoms with van der Waals surface area (Å²) in [6, 6.07) is 15.2. The zero-order chi connectivity index (χ0) is 23.3. The molecular weight excluding hydrogens is 430 g/mol. The highest BCUT2D eigenvalue weighted by molar-refractivity contribution is 6.01. The molecule has 0 unspecified atom stereocenters. The number of carbonyl (C=O) groups is 2. The molecule has 2 saturated heterocycles. The van der Waals surface area contributed by atoms with Crippen molar-refractivity contribution in [3.05, 3.63) is 60.4 Å². The van der Waals surface area contributed by atoms with Gasteiger partial charge in [0, 0.05) is 58.0 Å². The fourth-order valence-corrected chi connectivity index (χ4v) is 4.61. The summed E-state index contributed by atoms with van der Waals surface area (Å²) in [7, 11) is 0. The van der Waals surface area contributed by atoms with Crippen LogP contribution in [-0.2, 0) is 16.0 Å². The van der Waals surface area contributed by atoms with Crippen LogP contribution in [0.15, 0.2) is 54.9 Å². The van der Waals surface area contributed by atoms with Gasteiger partial charge in [-0.2, -0.15) is 0 Å². The van der Waals surface area contributed by atoms with E-state index in [0.717, 1.165) is 45.0 Å². The quantitative estimate of drug-likeness (QED) is 0.479. The molecule has 8 heteroatoms. The molecule has 0 saturated carbocycles. The van der Waals surface area contributed by atoms with Crippen molar-refractivity contribution in [3.8, 4) is 5.88 Å². The number of benzene rings is 2. The molecule has 3 heterocycles. The van der Waals surface area contributed by atoms with Crippen LogP contribution in [0.3, 0.4) is 0 Å². The molecule has 2 amide bonds. The van der Waals surface area contributed by atoms with Crippen molar-refractivity contribution in [2.24, 2.45) is 0 Å². The number of amides is 2. The van der Waals surface area contributed by atoms with Crippen LogP contribution in [-0.4, -0.2) is 77.5 Å². The molecule has 2 fully saturated rings. The van der Waals surface area contributed by atoms with Crippen LogP contribution in [0, 0.1) is 0 Å². The van der Waals surface area contributed by atoms with Gasteiger partial charge in [-0.3, -0.25) is 19.4 Å². The van der Waals surface area contributed by atoms with Gasteiger partial charge >= 0.3 is 0 Å². The van der Waals surface area contributed by atoms with E-state index in [2.05, 4.69) is 62.2 Å². The second kappa shape index (κ2) is 10.2. The van der Waals surface area contributed by atoms with E-state index in [-0.39, 0.29) is 25.0 Å². The summed E-state index contributed by atoms with van der Waals surface area (Å²) in [6.45, 7) is 5.06. The monoisotopic (exact) mass is 459 g/mol.